The molecule has 3 rings (SSSR count). The van der Waals surface area contributed by atoms with E-state index in [1.807, 2.05) is 6.92 Å². The van der Waals surface area contributed by atoms with Crippen LogP contribution in [0.1, 0.15) is 58.3 Å². The van der Waals surface area contributed by atoms with Crippen molar-refractivity contribution in [2.24, 2.45) is 7.05 Å². The quantitative estimate of drug-likeness (QED) is 0.771. The van der Waals surface area contributed by atoms with Gasteiger partial charge in [-0.3, -0.25) is 4.68 Å². The number of nitrogens with zero attached hydrogens (tertiary/aromatic N) is 5. The first-order chi connectivity index (χ1) is 12.0. The number of hydrogen-bond donors (Lipinski definition) is 0. The van der Waals surface area contributed by atoms with E-state index in [9.17, 15) is 9.59 Å². The fourth-order valence-electron chi connectivity index (χ4n) is 3.05. The number of ether oxygens (including phenoxy) is 2. The third kappa shape index (κ3) is 3.40. The Morgan fingerprint density at radius 3 is 2.68 bits per heavy atom. The molecular formula is C16H21N5O4. The lowest BCUT2D eigenvalue weighted by molar-refractivity contribution is 0.00165. The van der Waals surface area contributed by atoms with Crippen molar-refractivity contribution in [3.63, 3.8) is 0 Å². The Morgan fingerprint density at radius 2 is 2.00 bits per heavy atom. The highest BCUT2D eigenvalue weighted by Gasteiger charge is 2.32. The monoisotopic (exact) mass is 347 g/mol. The van der Waals surface area contributed by atoms with Crippen LogP contribution in [0.2, 0.25) is 0 Å². The molecule has 0 unspecified atom stereocenters. The molecule has 9 nitrogen and oxygen atoms in total. The molecule has 0 amide bonds. The highest BCUT2D eigenvalue weighted by Crippen LogP contribution is 2.31. The van der Waals surface area contributed by atoms with Crippen LogP contribution >= 0.6 is 0 Å². The normalized spacial score (nSPS) is 20.3. The molecule has 134 valence electrons. The molecule has 2 atom stereocenters. The molecule has 1 aliphatic rings. The van der Waals surface area contributed by atoms with Crippen molar-refractivity contribution in [1.82, 2.24) is 24.8 Å². The van der Waals surface area contributed by atoms with Gasteiger partial charge in [0, 0.05) is 12.7 Å². The number of hydrogen-bond acceptors (Lipinski definition) is 7. The van der Waals surface area contributed by atoms with Gasteiger partial charge >= 0.3 is 11.9 Å². The van der Waals surface area contributed by atoms with Crippen LogP contribution in [0.4, 0.5) is 0 Å². The highest BCUT2D eigenvalue weighted by atomic mass is 16.5. The molecule has 2 aromatic heterocycles. The van der Waals surface area contributed by atoms with Crippen LogP contribution in [0, 0.1) is 6.92 Å². The van der Waals surface area contributed by atoms with E-state index in [0.717, 1.165) is 31.4 Å². The van der Waals surface area contributed by atoms with E-state index < -0.39 is 11.9 Å². The fourth-order valence-corrected chi connectivity index (χ4v) is 3.05. The lowest BCUT2D eigenvalue weighted by Gasteiger charge is -2.30. The number of carbonyl (C=O) groups excluding carboxylic acids is 2. The molecule has 1 aliphatic carbocycles. The predicted molar refractivity (Wildman–Crippen MR) is 86.0 cm³/mol. The molecule has 1 fully saturated rings. The van der Waals surface area contributed by atoms with Crippen LogP contribution in [0.5, 0.6) is 0 Å². The maximum atomic E-state index is 12.5. The molecule has 2 heterocycles. The second-order valence-corrected chi connectivity index (χ2v) is 6.14. The minimum atomic E-state index is -0.540. The molecule has 0 spiro atoms. The molecule has 0 bridgehead atoms. The number of aryl methyl sites for hydroxylation is 1. The van der Waals surface area contributed by atoms with Gasteiger partial charge in [-0.15, -0.1) is 5.10 Å². The van der Waals surface area contributed by atoms with E-state index in [2.05, 4.69) is 20.1 Å². The topological polar surface area (TPSA) is 101 Å². The van der Waals surface area contributed by atoms with Crippen molar-refractivity contribution in [3.8, 4) is 0 Å². The summed E-state index contributed by atoms with van der Waals surface area (Å²) in [6.45, 7) is 1.82. The first kappa shape index (κ1) is 17.1. The molecule has 0 saturated heterocycles. The van der Waals surface area contributed by atoms with E-state index in [0.29, 0.717) is 5.56 Å². The van der Waals surface area contributed by atoms with E-state index in [4.69, 9.17) is 4.74 Å². The Kier molecular flexibility index (Phi) is 4.82. The molecule has 2 aromatic rings. The summed E-state index contributed by atoms with van der Waals surface area (Å²) < 4.78 is 13.6. The highest BCUT2D eigenvalue weighted by molar-refractivity contribution is 5.90. The van der Waals surface area contributed by atoms with Crippen molar-refractivity contribution < 1.29 is 19.1 Å². The molecule has 0 aromatic carbocycles. The SMILES string of the molecule is COC(=O)c1cn([C@H]2CCCC[C@@H]2OC(=O)c2cnn(C)c2C)nn1. The van der Waals surface area contributed by atoms with Crippen molar-refractivity contribution in [3.05, 3.63) is 29.3 Å². The second kappa shape index (κ2) is 7.04. The van der Waals surface area contributed by atoms with Crippen LogP contribution in [-0.4, -0.2) is 49.9 Å². The average Bonchev–Trinajstić information content (AvgIpc) is 3.23. The first-order valence-electron chi connectivity index (χ1n) is 8.21. The summed E-state index contributed by atoms with van der Waals surface area (Å²) in [6.07, 6.45) is 6.24. The van der Waals surface area contributed by atoms with Gasteiger partial charge in [-0.05, 0) is 26.2 Å². The third-order valence-electron chi connectivity index (χ3n) is 4.63. The van der Waals surface area contributed by atoms with Crippen LogP contribution < -0.4 is 0 Å². The maximum Gasteiger partial charge on any atom is 0.360 e. The summed E-state index contributed by atoms with van der Waals surface area (Å²) in [6, 6.07) is -0.152. The van der Waals surface area contributed by atoms with Gasteiger partial charge in [-0.2, -0.15) is 5.10 Å². The summed E-state index contributed by atoms with van der Waals surface area (Å²) in [5.74, 6) is -0.933. The molecular weight excluding hydrogens is 326 g/mol. The van der Waals surface area contributed by atoms with E-state index >= 15 is 0 Å². The standard InChI is InChI=1S/C16H21N5O4/c1-10-11(8-17-20(10)2)15(22)25-14-7-5-4-6-13(14)21-9-12(18-19-21)16(23)24-3/h8-9,13-14H,4-7H2,1-3H3/t13-,14-/m0/s1. The summed E-state index contributed by atoms with van der Waals surface area (Å²) >= 11 is 0. The van der Waals surface area contributed by atoms with Crippen molar-refractivity contribution in [1.29, 1.82) is 0 Å². The van der Waals surface area contributed by atoms with Gasteiger partial charge in [-0.1, -0.05) is 11.6 Å². The molecule has 9 heteroatoms. The summed E-state index contributed by atoms with van der Waals surface area (Å²) in [4.78, 5) is 24.0. The molecule has 1 saturated carbocycles. The van der Waals surface area contributed by atoms with Gasteiger partial charge in [0.05, 0.1) is 25.5 Å². The van der Waals surface area contributed by atoms with Crippen LogP contribution in [-0.2, 0) is 16.5 Å². The smallest absolute Gasteiger partial charge is 0.360 e. The summed E-state index contributed by atoms with van der Waals surface area (Å²) in [5.41, 5.74) is 1.35. The minimum absolute atomic E-state index is 0.140. The first-order valence-corrected chi connectivity index (χ1v) is 8.21. The number of rotatable bonds is 4. The van der Waals surface area contributed by atoms with Crippen molar-refractivity contribution in [2.45, 2.75) is 44.8 Å². The number of esters is 2. The van der Waals surface area contributed by atoms with E-state index in [1.165, 1.54) is 19.5 Å². The van der Waals surface area contributed by atoms with Crippen molar-refractivity contribution >= 4 is 11.9 Å². The van der Waals surface area contributed by atoms with Gasteiger partial charge in [0.1, 0.15) is 11.7 Å². The van der Waals surface area contributed by atoms with Gasteiger partial charge in [0.2, 0.25) is 0 Å². The summed E-state index contributed by atoms with van der Waals surface area (Å²) in [5, 5.41) is 11.9. The van der Waals surface area contributed by atoms with Crippen molar-refractivity contribution in [2.75, 3.05) is 7.11 Å². The zero-order valence-electron chi connectivity index (χ0n) is 14.5. The van der Waals surface area contributed by atoms with Crippen LogP contribution in [0.15, 0.2) is 12.4 Å². The molecule has 0 N–H and O–H groups in total. The van der Waals surface area contributed by atoms with Gasteiger partial charge in [0.25, 0.3) is 0 Å². The second-order valence-electron chi connectivity index (χ2n) is 6.14. The number of aromatic nitrogens is 5. The Bertz CT molecular complexity index is 781. The van der Waals surface area contributed by atoms with E-state index in [1.54, 1.807) is 16.4 Å². The lowest BCUT2D eigenvalue weighted by atomic mass is 9.92. The number of methoxy groups -OCH3 is 1. The Balaban J connectivity index is 1.77. The maximum absolute atomic E-state index is 12.5. The van der Waals surface area contributed by atoms with Gasteiger partial charge < -0.3 is 9.47 Å². The Morgan fingerprint density at radius 1 is 1.24 bits per heavy atom. The Labute approximate surface area is 144 Å². The van der Waals surface area contributed by atoms with Gasteiger partial charge in [0.15, 0.2) is 5.69 Å². The lowest BCUT2D eigenvalue weighted by Crippen LogP contribution is -2.32. The van der Waals surface area contributed by atoms with Gasteiger partial charge in [-0.25, -0.2) is 14.3 Å². The summed E-state index contributed by atoms with van der Waals surface area (Å²) in [7, 11) is 3.07. The predicted octanol–water partition coefficient (Wildman–Crippen LogP) is 1.45. The van der Waals surface area contributed by atoms with Crippen LogP contribution in [0.25, 0.3) is 0 Å². The fraction of sp³-hybridized carbons (Fsp3) is 0.562. The average molecular weight is 347 g/mol. The number of carbonyl (C=O) groups is 2. The van der Waals surface area contributed by atoms with Crippen LogP contribution in [0.3, 0.4) is 0 Å². The molecule has 0 aliphatic heterocycles. The van der Waals surface area contributed by atoms with E-state index in [-0.39, 0.29) is 17.8 Å². The molecule has 0 radical (unpaired) electrons. The molecule has 25 heavy (non-hydrogen) atoms. The largest absolute Gasteiger partial charge is 0.464 e. The third-order valence-corrected chi connectivity index (χ3v) is 4.63. The zero-order chi connectivity index (χ0) is 18.0. The zero-order valence-corrected chi connectivity index (χ0v) is 14.5. The Hall–Kier alpha value is -2.71. The minimum Gasteiger partial charge on any atom is -0.464 e.